The Balaban J connectivity index is 1.66. The number of Topliss-reactive ketones (excluding diaryl/α,β-unsaturated/α-hetero) is 1. The highest BCUT2D eigenvalue weighted by Gasteiger charge is 2.22. The molecule has 0 N–H and O–H groups in total. The van der Waals surface area contributed by atoms with Crippen molar-refractivity contribution in [2.24, 2.45) is 0 Å². The molecule has 138 valence electrons. The van der Waals surface area contributed by atoms with Crippen molar-refractivity contribution in [1.29, 1.82) is 0 Å². The second-order valence-electron chi connectivity index (χ2n) is 6.17. The first-order valence-corrected chi connectivity index (χ1v) is 9.86. The van der Waals surface area contributed by atoms with Gasteiger partial charge in [-0.2, -0.15) is 0 Å². The van der Waals surface area contributed by atoms with Gasteiger partial charge < -0.3 is 4.74 Å². The van der Waals surface area contributed by atoms with Crippen LogP contribution in [0, 0.1) is 0 Å². The van der Waals surface area contributed by atoms with Gasteiger partial charge in [0.1, 0.15) is 10.6 Å². The summed E-state index contributed by atoms with van der Waals surface area (Å²) in [6.45, 7) is -0.155. The summed E-state index contributed by atoms with van der Waals surface area (Å²) in [5.74, 6) is 0.164. The lowest BCUT2D eigenvalue weighted by molar-refractivity contribution is 0.0917. The summed E-state index contributed by atoms with van der Waals surface area (Å²) in [7, 11) is 0. The molecule has 4 rings (SSSR count). The van der Waals surface area contributed by atoms with Gasteiger partial charge in [0.15, 0.2) is 12.4 Å². The predicted molar refractivity (Wildman–Crippen MR) is 113 cm³/mol. The lowest BCUT2D eigenvalue weighted by Crippen LogP contribution is -2.13. The molecule has 3 aromatic carbocycles. The van der Waals surface area contributed by atoms with E-state index in [9.17, 15) is 9.59 Å². The van der Waals surface area contributed by atoms with Crippen molar-refractivity contribution in [1.82, 2.24) is 0 Å². The molecule has 0 radical (unpaired) electrons. The van der Waals surface area contributed by atoms with Gasteiger partial charge in [0, 0.05) is 26.2 Å². The zero-order valence-corrected chi connectivity index (χ0v) is 16.3. The summed E-state index contributed by atoms with van der Waals surface area (Å²) < 4.78 is 6.83. The van der Waals surface area contributed by atoms with Crippen LogP contribution in [0.4, 0.5) is 0 Å². The molecule has 1 heterocycles. The molecule has 0 saturated heterocycles. The Hall–Kier alpha value is -2.95. The summed E-state index contributed by atoms with van der Waals surface area (Å²) in [6.07, 6.45) is 0. The van der Waals surface area contributed by atoms with Crippen LogP contribution in [0.25, 0.3) is 10.1 Å². The smallest absolute Gasteiger partial charge is 0.206 e. The third kappa shape index (κ3) is 3.70. The van der Waals surface area contributed by atoms with Crippen molar-refractivity contribution in [3.63, 3.8) is 0 Å². The number of fused-ring (bicyclic) bond motifs is 1. The Morgan fingerprint density at radius 3 is 2.25 bits per heavy atom. The maximum Gasteiger partial charge on any atom is 0.206 e. The van der Waals surface area contributed by atoms with Crippen molar-refractivity contribution in [3.05, 3.63) is 99.9 Å². The minimum atomic E-state index is -0.176. The van der Waals surface area contributed by atoms with E-state index in [2.05, 4.69) is 0 Å². The van der Waals surface area contributed by atoms with Gasteiger partial charge in [-0.15, -0.1) is 11.3 Å². The second kappa shape index (κ2) is 7.97. The first-order valence-electron chi connectivity index (χ1n) is 8.66. The normalized spacial score (nSPS) is 10.8. The quantitative estimate of drug-likeness (QED) is 0.366. The minimum absolute atomic E-state index is 0.115. The van der Waals surface area contributed by atoms with Crippen LogP contribution >= 0.6 is 22.9 Å². The van der Waals surface area contributed by atoms with Crippen LogP contribution in [0.3, 0.4) is 0 Å². The van der Waals surface area contributed by atoms with E-state index in [1.807, 2.05) is 42.5 Å². The summed E-state index contributed by atoms with van der Waals surface area (Å²) in [6, 6.07) is 23.4. The third-order valence-corrected chi connectivity index (χ3v) is 5.71. The second-order valence-corrected chi connectivity index (χ2v) is 7.66. The Morgan fingerprint density at radius 2 is 1.50 bits per heavy atom. The monoisotopic (exact) mass is 406 g/mol. The van der Waals surface area contributed by atoms with Crippen molar-refractivity contribution >= 4 is 44.6 Å². The minimum Gasteiger partial charge on any atom is -0.483 e. The van der Waals surface area contributed by atoms with E-state index in [0.29, 0.717) is 26.8 Å². The molecule has 5 heteroatoms. The van der Waals surface area contributed by atoms with Crippen LogP contribution in [0.15, 0.2) is 78.9 Å². The first kappa shape index (κ1) is 18.4. The third-order valence-electron chi connectivity index (χ3n) is 4.31. The van der Waals surface area contributed by atoms with Crippen LogP contribution in [0.5, 0.6) is 5.75 Å². The summed E-state index contributed by atoms with van der Waals surface area (Å²) in [4.78, 5) is 26.0. The van der Waals surface area contributed by atoms with E-state index in [-0.39, 0.29) is 18.2 Å². The van der Waals surface area contributed by atoms with Gasteiger partial charge in [-0.05, 0) is 36.4 Å². The Bertz CT molecular complexity index is 1150. The van der Waals surface area contributed by atoms with Crippen LogP contribution in [-0.2, 0) is 0 Å². The lowest BCUT2D eigenvalue weighted by atomic mass is 10.1. The summed E-state index contributed by atoms with van der Waals surface area (Å²) in [5.41, 5.74) is 1.10. The van der Waals surface area contributed by atoms with E-state index in [0.717, 1.165) is 10.1 Å². The van der Waals surface area contributed by atoms with Crippen molar-refractivity contribution < 1.29 is 14.3 Å². The van der Waals surface area contributed by atoms with Crippen LogP contribution in [0.2, 0.25) is 5.02 Å². The van der Waals surface area contributed by atoms with Gasteiger partial charge in [0.25, 0.3) is 0 Å². The molecule has 0 aliphatic carbocycles. The molecule has 0 unspecified atom stereocenters. The molecule has 0 spiro atoms. The molecule has 0 aliphatic heterocycles. The van der Waals surface area contributed by atoms with E-state index in [1.165, 1.54) is 11.3 Å². The molecule has 28 heavy (non-hydrogen) atoms. The van der Waals surface area contributed by atoms with Crippen LogP contribution < -0.4 is 4.74 Å². The number of ketones is 2. The number of carbonyl (C=O) groups is 2. The molecule has 1 aromatic heterocycles. The van der Waals surface area contributed by atoms with Gasteiger partial charge in [0.2, 0.25) is 5.78 Å². The number of halogens is 1. The first-order chi connectivity index (χ1) is 13.6. The largest absolute Gasteiger partial charge is 0.483 e. The number of thiophene rings is 1. The topological polar surface area (TPSA) is 43.4 Å². The predicted octanol–water partition coefficient (Wildman–Crippen LogP) is 6.05. The average Bonchev–Trinajstić information content (AvgIpc) is 3.11. The molecule has 3 nitrogen and oxygen atoms in total. The number of rotatable bonds is 6. The van der Waals surface area contributed by atoms with Crippen LogP contribution in [-0.4, -0.2) is 18.2 Å². The highest BCUT2D eigenvalue weighted by molar-refractivity contribution is 7.21. The fourth-order valence-electron chi connectivity index (χ4n) is 2.89. The van der Waals surface area contributed by atoms with Gasteiger partial charge in [-0.1, -0.05) is 54.1 Å². The Morgan fingerprint density at radius 1 is 0.821 bits per heavy atom. The number of hydrogen-bond donors (Lipinski definition) is 0. The molecule has 0 atom stereocenters. The van der Waals surface area contributed by atoms with E-state index in [1.54, 1.807) is 36.4 Å². The number of benzene rings is 3. The summed E-state index contributed by atoms with van der Waals surface area (Å²) in [5, 5.41) is 1.40. The molecular formula is C23H15ClO3S. The van der Waals surface area contributed by atoms with Gasteiger partial charge >= 0.3 is 0 Å². The molecule has 4 aromatic rings. The zero-order valence-electron chi connectivity index (χ0n) is 14.7. The maximum absolute atomic E-state index is 13.0. The highest BCUT2D eigenvalue weighted by atomic mass is 35.5. The van der Waals surface area contributed by atoms with Gasteiger partial charge in [-0.25, -0.2) is 0 Å². The van der Waals surface area contributed by atoms with Crippen molar-refractivity contribution in [2.75, 3.05) is 6.61 Å². The number of carbonyl (C=O) groups excluding carboxylic acids is 2. The fourth-order valence-corrected chi connectivity index (χ4v) is 4.13. The van der Waals surface area contributed by atoms with Crippen LogP contribution in [0.1, 0.15) is 25.6 Å². The zero-order chi connectivity index (χ0) is 19.5. The van der Waals surface area contributed by atoms with Crippen molar-refractivity contribution in [3.8, 4) is 5.75 Å². The maximum atomic E-state index is 13.0. The average molecular weight is 407 g/mol. The molecule has 0 bridgehead atoms. The molecule has 0 aliphatic rings. The highest BCUT2D eigenvalue weighted by Crippen LogP contribution is 2.39. The SMILES string of the molecule is O=C(COc1c(C(=O)c2ccccc2)sc2ccccc12)c1ccc(Cl)cc1. The molecule has 0 amide bonds. The lowest BCUT2D eigenvalue weighted by Gasteiger charge is -2.08. The number of ether oxygens (including phenoxy) is 1. The standard InChI is InChI=1S/C23H15ClO3S/c24-17-12-10-15(11-13-17)19(25)14-27-22-18-8-4-5-9-20(18)28-23(22)21(26)16-6-2-1-3-7-16/h1-13H,14H2. The van der Waals surface area contributed by atoms with E-state index >= 15 is 0 Å². The van der Waals surface area contributed by atoms with E-state index < -0.39 is 0 Å². The number of hydrogen-bond acceptors (Lipinski definition) is 4. The van der Waals surface area contributed by atoms with Gasteiger partial charge in [-0.3, -0.25) is 9.59 Å². The Kier molecular flexibility index (Phi) is 5.24. The molecular weight excluding hydrogens is 392 g/mol. The van der Waals surface area contributed by atoms with E-state index in [4.69, 9.17) is 16.3 Å². The summed E-state index contributed by atoms with van der Waals surface area (Å²) >= 11 is 7.25. The van der Waals surface area contributed by atoms with Gasteiger partial charge in [0.05, 0.1) is 0 Å². The molecule has 0 fully saturated rings. The van der Waals surface area contributed by atoms with Crippen molar-refractivity contribution in [2.45, 2.75) is 0 Å². The fraction of sp³-hybridized carbons (Fsp3) is 0.0435. The Labute approximate surface area is 171 Å². The molecule has 0 saturated carbocycles.